The smallest absolute Gasteiger partial charge is 0.117 e. The molecule has 0 radical (unpaired) electrons. The van der Waals surface area contributed by atoms with E-state index >= 15 is 0 Å². The van der Waals surface area contributed by atoms with Crippen molar-refractivity contribution >= 4 is 22.5 Å². The summed E-state index contributed by atoms with van der Waals surface area (Å²) in [5.74, 6) is 1.04. The number of aromatic nitrogens is 2. The van der Waals surface area contributed by atoms with E-state index in [4.69, 9.17) is 16.0 Å². The average Bonchev–Trinajstić information content (AvgIpc) is 3.23. The molecule has 2 aromatic heterocycles. The number of likely N-dealkylation sites (tertiary alicyclic amines) is 1. The maximum absolute atomic E-state index is 6.39. The lowest BCUT2D eigenvalue weighted by atomic mass is 10.0. The first-order valence-corrected chi connectivity index (χ1v) is 9.17. The maximum Gasteiger partial charge on any atom is 0.117 e. The number of hydrogen-bond donors (Lipinski definition) is 1. The summed E-state index contributed by atoms with van der Waals surface area (Å²) in [6.45, 7) is 3.83. The van der Waals surface area contributed by atoms with Crippen LogP contribution in [0.25, 0.3) is 10.9 Å². The van der Waals surface area contributed by atoms with Gasteiger partial charge in [0.1, 0.15) is 5.76 Å². The Morgan fingerprint density at radius 2 is 2.08 bits per heavy atom. The molecule has 0 aliphatic carbocycles. The second kappa shape index (κ2) is 7.20. The van der Waals surface area contributed by atoms with E-state index in [1.165, 1.54) is 0 Å². The normalized spacial score (nSPS) is 16.7. The Bertz CT molecular complexity index is 835. The molecule has 1 aliphatic heterocycles. The quantitative estimate of drug-likeness (QED) is 0.757. The molecule has 0 saturated carbocycles. The molecule has 1 aromatic carbocycles. The first kappa shape index (κ1) is 16.6. The Labute approximate surface area is 152 Å². The number of nitrogens with one attached hydrogen (secondary N) is 1. The molecular formula is C19H23ClN4O. The van der Waals surface area contributed by atoms with Crippen LogP contribution >= 0.6 is 11.6 Å². The van der Waals surface area contributed by atoms with Crippen molar-refractivity contribution in [3.05, 3.63) is 53.1 Å². The number of fused-ring (bicyclic) bond motifs is 1. The lowest BCUT2D eigenvalue weighted by Crippen LogP contribution is -2.41. The Morgan fingerprint density at radius 1 is 1.24 bits per heavy atom. The topological polar surface area (TPSA) is 46.2 Å². The zero-order chi connectivity index (χ0) is 17.2. The highest BCUT2D eigenvalue weighted by molar-refractivity contribution is 6.35. The maximum atomic E-state index is 6.39. The zero-order valence-corrected chi connectivity index (χ0v) is 15.2. The third-order valence-electron chi connectivity index (χ3n) is 5.00. The highest BCUT2D eigenvalue weighted by Crippen LogP contribution is 2.26. The highest BCUT2D eigenvalue weighted by Gasteiger charge is 2.20. The minimum Gasteiger partial charge on any atom is -0.468 e. The van der Waals surface area contributed by atoms with Crippen molar-refractivity contribution < 1.29 is 4.42 Å². The van der Waals surface area contributed by atoms with Gasteiger partial charge in [0.15, 0.2) is 0 Å². The molecule has 5 nitrogen and oxygen atoms in total. The second-order valence-electron chi connectivity index (χ2n) is 6.71. The molecule has 0 amide bonds. The molecule has 0 bridgehead atoms. The van der Waals surface area contributed by atoms with Crippen LogP contribution in [0.4, 0.5) is 0 Å². The van der Waals surface area contributed by atoms with Crippen molar-refractivity contribution in [3.8, 4) is 0 Å². The fraction of sp³-hybridized carbons (Fsp3) is 0.421. The monoisotopic (exact) mass is 358 g/mol. The number of nitrogens with zero attached hydrogens (tertiary/aromatic N) is 3. The van der Waals surface area contributed by atoms with Gasteiger partial charge in [-0.15, -0.1) is 0 Å². The van der Waals surface area contributed by atoms with Crippen LogP contribution in [0, 0.1) is 0 Å². The average molecular weight is 359 g/mol. The van der Waals surface area contributed by atoms with Crippen molar-refractivity contribution in [2.75, 3.05) is 13.1 Å². The molecule has 1 fully saturated rings. The molecule has 0 unspecified atom stereocenters. The Morgan fingerprint density at radius 3 is 2.84 bits per heavy atom. The van der Waals surface area contributed by atoms with Gasteiger partial charge in [-0.05, 0) is 37.1 Å². The lowest BCUT2D eigenvalue weighted by molar-refractivity contribution is 0.178. The molecule has 6 heteroatoms. The van der Waals surface area contributed by atoms with Gasteiger partial charge in [0.25, 0.3) is 0 Å². The molecule has 1 N–H and O–H groups in total. The van der Waals surface area contributed by atoms with E-state index in [1.807, 2.05) is 36.0 Å². The van der Waals surface area contributed by atoms with Gasteiger partial charge in [-0.25, -0.2) is 0 Å². The summed E-state index contributed by atoms with van der Waals surface area (Å²) < 4.78 is 7.35. The van der Waals surface area contributed by atoms with Gasteiger partial charge >= 0.3 is 0 Å². The van der Waals surface area contributed by atoms with Gasteiger partial charge < -0.3 is 9.73 Å². The molecule has 1 saturated heterocycles. The standard InChI is InChI=1S/C19H23ClN4O/c1-23-18-6-2-5-16(20)19(18)17(22-23)12-21-14-7-9-24(10-8-14)13-15-4-3-11-25-15/h2-6,11,14,21H,7-10,12-13H2,1H3. The van der Waals surface area contributed by atoms with Crippen LogP contribution < -0.4 is 5.32 Å². The van der Waals surface area contributed by atoms with Crippen molar-refractivity contribution in [1.29, 1.82) is 0 Å². The number of piperidine rings is 1. The Kier molecular flexibility index (Phi) is 4.79. The number of hydrogen-bond acceptors (Lipinski definition) is 4. The van der Waals surface area contributed by atoms with Crippen LogP contribution in [-0.2, 0) is 20.1 Å². The van der Waals surface area contributed by atoms with Crippen LogP contribution in [-0.4, -0.2) is 33.8 Å². The van der Waals surface area contributed by atoms with Gasteiger partial charge in [0.05, 0.1) is 29.0 Å². The molecule has 0 atom stereocenters. The van der Waals surface area contributed by atoms with Gasteiger partial charge in [0, 0.05) is 38.1 Å². The summed E-state index contributed by atoms with van der Waals surface area (Å²) in [6.07, 6.45) is 4.02. The van der Waals surface area contributed by atoms with Crippen molar-refractivity contribution in [2.24, 2.45) is 7.05 Å². The van der Waals surface area contributed by atoms with Crippen LogP contribution in [0.1, 0.15) is 24.3 Å². The predicted molar refractivity (Wildman–Crippen MR) is 99.6 cm³/mol. The lowest BCUT2D eigenvalue weighted by Gasteiger charge is -2.31. The molecule has 0 spiro atoms. The van der Waals surface area contributed by atoms with E-state index < -0.39 is 0 Å². The zero-order valence-electron chi connectivity index (χ0n) is 14.4. The van der Waals surface area contributed by atoms with Crippen LogP contribution in [0.3, 0.4) is 0 Å². The van der Waals surface area contributed by atoms with E-state index in [0.717, 1.165) is 66.4 Å². The van der Waals surface area contributed by atoms with Crippen molar-refractivity contribution in [3.63, 3.8) is 0 Å². The summed E-state index contributed by atoms with van der Waals surface area (Å²) in [7, 11) is 1.97. The molecule has 4 rings (SSSR count). The minimum atomic E-state index is 0.521. The number of aryl methyl sites for hydroxylation is 1. The summed E-state index contributed by atoms with van der Waals surface area (Å²) in [6, 6.07) is 10.5. The predicted octanol–water partition coefficient (Wildman–Crippen LogP) is 3.57. The number of benzene rings is 1. The molecule has 132 valence electrons. The van der Waals surface area contributed by atoms with E-state index in [9.17, 15) is 0 Å². The van der Waals surface area contributed by atoms with E-state index in [0.29, 0.717) is 6.04 Å². The first-order chi connectivity index (χ1) is 12.2. The second-order valence-corrected chi connectivity index (χ2v) is 7.12. The molecule has 1 aliphatic rings. The van der Waals surface area contributed by atoms with E-state index in [-0.39, 0.29) is 0 Å². The minimum absolute atomic E-state index is 0.521. The molecule has 3 aromatic rings. The fourth-order valence-corrected chi connectivity index (χ4v) is 3.91. The summed E-state index contributed by atoms with van der Waals surface area (Å²) in [5, 5.41) is 10.2. The largest absolute Gasteiger partial charge is 0.468 e. The van der Waals surface area contributed by atoms with Crippen LogP contribution in [0.2, 0.25) is 5.02 Å². The van der Waals surface area contributed by atoms with Crippen molar-refractivity contribution in [1.82, 2.24) is 20.0 Å². The SMILES string of the molecule is Cn1nc(CNC2CCN(Cc3ccco3)CC2)c2c(Cl)cccc21. The molecular weight excluding hydrogens is 336 g/mol. The van der Waals surface area contributed by atoms with Gasteiger partial charge in [-0.3, -0.25) is 9.58 Å². The number of rotatable bonds is 5. The Hall–Kier alpha value is -1.82. The first-order valence-electron chi connectivity index (χ1n) is 8.79. The van der Waals surface area contributed by atoms with E-state index in [2.05, 4.69) is 21.4 Å². The highest BCUT2D eigenvalue weighted by atomic mass is 35.5. The van der Waals surface area contributed by atoms with Crippen LogP contribution in [0.15, 0.2) is 41.0 Å². The molecule has 25 heavy (non-hydrogen) atoms. The van der Waals surface area contributed by atoms with Crippen LogP contribution in [0.5, 0.6) is 0 Å². The Balaban J connectivity index is 1.34. The third kappa shape index (κ3) is 3.59. The molecule has 3 heterocycles. The van der Waals surface area contributed by atoms with Gasteiger partial charge in [-0.2, -0.15) is 5.10 Å². The van der Waals surface area contributed by atoms with E-state index in [1.54, 1.807) is 6.26 Å². The summed E-state index contributed by atoms with van der Waals surface area (Å²) >= 11 is 6.39. The fourth-order valence-electron chi connectivity index (χ4n) is 3.64. The summed E-state index contributed by atoms with van der Waals surface area (Å²) in [5.41, 5.74) is 2.11. The van der Waals surface area contributed by atoms with Crippen molar-refractivity contribution in [2.45, 2.75) is 32.0 Å². The van der Waals surface area contributed by atoms with Gasteiger partial charge in [-0.1, -0.05) is 17.7 Å². The number of halogens is 1. The number of furan rings is 1. The van der Waals surface area contributed by atoms with Gasteiger partial charge in [0.2, 0.25) is 0 Å². The third-order valence-corrected chi connectivity index (χ3v) is 5.32. The summed E-state index contributed by atoms with van der Waals surface area (Å²) in [4.78, 5) is 2.45.